The van der Waals surface area contributed by atoms with Gasteiger partial charge in [-0.25, -0.2) is 21.6 Å². The van der Waals surface area contributed by atoms with Gasteiger partial charge in [-0.1, -0.05) is 26.0 Å². The SMILES string of the molecule is CCc1ccc2c(c1)CCC(CC)N2S(=O)(=O)c1ccc(OCC2CCOCC2)c(S(=O)(=O)NC(C)(C)C)c1. The van der Waals surface area contributed by atoms with E-state index in [-0.39, 0.29) is 27.5 Å². The van der Waals surface area contributed by atoms with Crippen LogP contribution in [0.15, 0.2) is 46.2 Å². The summed E-state index contributed by atoms with van der Waals surface area (Å²) in [6.45, 7) is 10.9. The largest absolute Gasteiger partial charge is 0.492 e. The molecule has 2 aliphatic rings. The molecule has 4 rings (SSSR count). The van der Waals surface area contributed by atoms with Gasteiger partial charge < -0.3 is 9.47 Å². The molecule has 0 spiro atoms. The number of nitrogens with zero attached hydrogens (tertiary/aromatic N) is 1. The minimum Gasteiger partial charge on any atom is -0.492 e. The Morgan fingerprint density at radius 3 is 2.36 bits per heavy atom. The number of anilines is 1. The van der Waals surface area contributed by atoms with E-state index in [1.54, 1.807) is 20.8 Å². The van der Waals surface area contributed by atoms with E-state index in [1.807, 2.05) is 19.1 Å². The molecular weight excluding hydrogens is 536 g/mol. The minimum absolute atomic E-state index is 0.0685. The molecule has 2 aliphatic heterocycles. The molecule has 8 nitrogen and oxygen atoms in total. The van der Waals surface area contributed by atoms with E-state index in [9.17, 15) is 16.8 Å². The van der Waals surface area contributed by atoms with Crippen molar-refractivity contribution in [1.29, 1.82) is 0 Å². The van der Waals surface area contributed by atoms with Gasteiger partial charge in [0, 0.05) is 24.8 Å². The Morgan fingerprint density at radius 2 is 1.72 bits per heavy atom. The van der Waals surface area contributed by atoms with Crippen molar-refractivity contribution in [3.05, 3.63) is 47.5 Å². The Bertz CT molecular complexity index is 1380. The van der Waals surface area contributed by atoms with E-state index < -0.39 is 25.6 Å². The van der Waals surface area contributed by atoms with Crippen molar-refractivity contribution < 1.29 is 26.3 Å². The first-order valence-corrected chi connectivity index (χ1v) is 16.8. The third-order valence-corrected chi connectivity index (χ3v) is 11.0. The highest BCUT2D eigenvalue weighted by Crippen LogP contribution is 2.38. The van der Waals surface area contributed by atoms with Crippen molar-refractivity contribution in [2.24, 2.45) is 5.92 Å². The number of nitrogens with one attached hydrogen (secondary N) is 1. The van der Waals surface area contributed by atoms with Gasteiger partial charge >= 0.3 is 0 Å². The monoisotopic (exact) mass is 578 g/mol. The Hall–Kier alpha value is -2.14. The van der Waals surface area contributed by atoms with Crippen LogP contribution in [0, 0.1) is 5.92 Å². The molecule has 216 valence electrons. The Labute approximate surface area is 234 Å². The van der Waals surface area contributed by atoms with Crippen molar-refractivity contribution >= 4 is 25.7 Å². The second kappa shape index (κ2) is 11.8. The zero-order valence-electron chi connectivity index (χ0n) is 23.7. The number of benzene rings is 2. The fourth-order valence-corrected chi connectivity index (χ4v) is 8.76. The van der Waals surface area contributed by atoms with Crippen molar-refractivity contribution in [2.45, 2.75) is 94.5 Å². The molecule has 0 saturated carbocycles. The predicted molar refractivity (Wildman–Crippen MR) is 153 cm³/mol. The third-order valence-electron chi connectivity index (χ3n) is 7.36. The van der Waals surface area contributed by atoms with Crippen molar-refractivity contribution in [1.82, 2.24) is 4.72 Å². The molecule has 0 aliphatic carbocycles. The van der Waals surface area contributed by atoms with E-state index in [1.165, 1.54) is 22.5 Å². The van der Waals surface area contributed by atoms with E-state index in [4.69, 9.17) is 9.47 Å². The lowest BCUT2D eigenvalue weighted by molar-refractivity contribution is 0.0493. The maximum atomic E-state index is 14.2. The molecule has 1 atom stereocenters. The summed E-state index contributed by atoms with van der Waals surface area (Å²) in [5, 5.41) is 0. The van der Waals surface area contributed by atoms with Gasteiger partial charge in [0.05, 0.1) is 17.2 Å². The lowest BCUT2D eigenvalue weighted by Crippen LogP contribution is -2.43. The second-order valence-corrected chi connectivity index (χ2v) is 15.0. The molecule has 1 N–H and O–H groups in total. The summed E-state index contributed by atoms with van der Waals surface area (Å²) in [5.74, 6) is 0.396. The number of rotatable bonds is 9. The number of sulfonamides is 2. The Balaban J connectivity index is 1.77. The highest BCUT2D eigenvalue weighted by molar-refractivity contribution is 7.93. The molecule has 1 unspecified atom stereocenters. The summed E-state index contributed by atoms with van der Waals surface area (Å²) in [6.07, 6.45) is 4.70. The average Bonchev–Trinajstić information content (AvgIpc) is 2.89. The van der Waals surface area contributed by atoms with Gasteiger partial charge in [-0.05, 0) is 101 Å². The van der Waals surface area contributed by atoms with Gasteiger partial charge in [0.1, 0.15) is 10.6 Å². The molecule has 2 aromatic rings. The van der Waals surface area contributed by atoms with Gasteiger partial charge in [-0.2, -0.15) is 0 Å². The first kappa shape index (κ1) is 29.8. The van der Waals surface area contributed by atoms with E-state index in [0.29, 0.717) is 38.3 Å². The third kappa shape index (κ3) is 6.78. The van der Waals surface area contributed by atoms with Gasteiger partial charge in [-0.15, -0.1) is 0 Å². The molecule has 0 bridgehead atoms. The van der Waals surface area contributed by atoms with Crippen LogP contribution in [0.25, 0.3) is 0 Å². The smallest absolute Gasteiger partial charge is 0.264 e. The molecule has 39 heavy (non-hydrogen) atoms. The lowest BCUT2D eigenvalue weighted by Gasteiger charge is -2.38. The summed E-state index contributed by atoms with van der Waals surface area (Å²) in [6, 6.07) is 9.92. The van der Waals surface area contributed by atoms with Crippen molar-refractivity contribution in [2.75, 3.05) is 24.1 Å². The quantitative estimate of drug-likeness (QED) is 0.447. The lowest BCUT2D eigenvalue weighted by atomic mass is 9.94. The van der Waals surface area contributed by atoms with Gasteiger partial charge in [0.25, 0.3) is 10.0 Å². The highest BCUT2D eigenvalue weighted by Gasteiger charge is 2.37. The van der Waals surface area contributed by atoms with Crippen LogP contribution in [0.1, 0.15) is 71.4 Å². The topological polar surface area (TPSA) is 102 Å². The molecule has 0 radical (unpaired) electrons. The zero-order chi connectivity index (χ0) is 28.4. The van der Waals surface area contributed by atoms with E-state index >= 15 is 0 Å². The second-order valence-electron chi connectivity index (χ2n) is 11.5. The van der Waals surface area contributed by atoms with Crippen LogP contribution in [0.3, 0.4) is 0 Å². The summed E-state index contributed by atoms with van der Waals surface area (Å²) >= 11 is 0. The number of hydrogen-bond acceptors (Lipinski definition) is 6. The summed E-state index contributed by atoms with van der Waals surface area (Å²) < 4.78 is 71.1. The van der Waals surface area contributed by atoms with Crippen LogP contribution in [0.5, 0.6) is 5.75 Å². The minimum atomic E-state index is -4.09. The maximum absolute atomic E-state index is 14.2. The molecule has 1 saturated heterocycles. The molecular formula is C29H42N2O6S2. The van der Waals surface area contributed by atoms with Crippen molar-refractivity contribution in [3.8, 4) is 5.75 Å². The summed E-state index contributed by atoms with van der Waals surface area (Å²) in [4.78, 5) is -0.238. The van der Waals surface area contributed by atoms with E-state index in [0.717, 1.165) is 36.8 Å². The van der Waals surface area contributed by atoms with Crippen molar-refractivity contribution in [3.63, 3.8) is 0 Å². The molecule has 10 heteroatoms. The Morgan fingerprint density at radius 1 is 1.00 bits per heavy atom. The Kier molecular flexibility index (Phi) is 9.00. The van der Waals surface area contributed by atoms with Gasteiger partial charge in [0.15, 0.2) is 0 Å². The molecule has 2 heterocycles. The van der Waals surface area contributed by atoms with Crippen LogP contribution in [0.2, 0.25) is 0 Å². The number of hydrogen-bond donors (Lipinski definition) is 1. The average molecular weight is 579 g/mol. The standard InChI is InChI=1S/C29H42N2O6S2/c1-6-21-8-12-26-23(18-21)9-10-24(7-2)31(26)39(34,35)25-11-13-27(37-20-22-14-16-36-17-15-22)28(19-25)38(32,33)30-29(3,4)5/h8,11-13,18-19,22,24,30H,6-7,9-10,14-17,20H2,1-5H3. The van der Waals surface area contributed by atoms with Crippen LogP contribution < -0.4 is 13.8 Å². The number of fused-ring (bicyclic) bond motifs is 1. The summed E-state index contributed by atoms with van der Waals surface area (Å²) in [5.41, 5.74) is 2.07. The van der Waals surface area contributed by atoms with E-state index in [2.05, 4.69) is 17.7 Å². The highest BCUT2D eigenvalue weighted by atomic mass is 32.2. The normalized spacial score (nSPS) is 19.1. The predicted octanol–water partition coefficient (Wildman–Crippen LogP) is 5.05. The number of aryl methyl sites for hydroxylation is 2. The van der Waals surface area contributed by atoms with Gasteiger partial charge in [0.2, 0.25) is 10.0 Å². The molecule has 1 fully saturated rings. The first-order chi connectivity index (χ1) is 18.4. The molecule has 2 aromatic carbocycles. The van der Waals surface area contributed by atoms with Crippen LogP contribution in [-0.2, 0) is 37.6 Å². The van der Waals surface area contributed by atoms with Gasteiger partial charge in [-0.3, -0.25) is 4.31 Å². The number of ether oxygens (including phenoxy) is 2. The molecule has 0 amide bonds. The zero-order valence-corrected chi connectivity index (χ0v) is 25.3. The first-order valence-electron chi connectivity index (χ1n) is 13.9. The summed E-state index contributed by atoms with van der Waals surface area (Å²) in [7, 11) is -8.15. The fraction of sp³-hybridized carbons (Fsp3) is 0.586. The molecule has 0 aromatic heterocycles. The van der Waals surface area contributed by atoms with Crippen LogP contribution in [-0.4, -0.2) is 48.2 Å². The van der Waals surface area contributed by atoms with Crippen LogP contribution >= 0.6 is 0 Å². The maximum Gasteiger partial charge on any atom is 0.264 e. The van der Waals surface area contributed by atoms with Crippen LogP contribution in [0.4, 0.5) is 5.69 Å². The fourth-order valence-electron chi connectivity index (χ4n) is 5.28.